The molecule has 6 heterocycles. The van der Waals surface area contributed by atoms with Crippen LogP contribution >= 0.6 is 22.6 Å². The monoisotopic (exact) mass is 1530 g/mol. The van der Waals surface area contributed by atoms with E-state index in [0.29, 0.717) is 11.2 Å². The number of halogens is 1. The maximum absolute atomic E-state index is 10.0. The number of ether oxygens (including phenoxy) is 2. The van der Waals surface area contributed by atoms with Crippen LogP contribution < -0.4 is 56.4 Å². The summed E-state index contributed by atoms with van der Waals surface area (Å²) in [6.45, 7) is 0. The summed E-state index contributed by atoms with van der Waals surface area (Å²) in [5.41, 5.74) is 13.1. The SMILES string of the molecule is Ic1cc(-n2c3ccccc3c3ccccc32)cc2c1oc1ccccc12.OB(O)c1cccc2c1Oc1ccccc1[Si]2(c1ccccc1)c1ccccc1.c1ccc([Si]2(c3ccccc3)c3ccccc3Oc3c(-c4cc(-n5c6ccccc6c6ccccc65)cc5c4oc4ccccc45)cccc32)cc1. The van der Waals surface area contributed by atoms with E-state index in [1.54, 1.807) is 6.07 Å². The third-order valence-corrected chi connectivity index (χ3v) is 32.3. The first-order valence-electron chi connectivity index (χ1n) is 36.3. The van der Waals surface area contributed by atoms with E-state index in [1.165, 1.54) is 74.7 Å². The molecule has 0 unspecified atom stereocenters. The van der Waals surface area contributed by atoms with Crippen LogP contribution in [0.3, 0.4) is 0 Å². The average Bonchev–Trinajstić information content (AvgIpc) is 1.61. The molecular formula is C96H64BIN2O6Si2. The molecule has 16 aromatic carbocycles. The summed E-state index contributed by atoms with van der Waals surface area (Å²) in [7, 11) is -7.14. The molecular weight excluding hydrogens is 1470 g/mol. The Balaban J connectivity index is 0.000000116. The van der Waals surface area contributed by atoms with Crippen LogP contribution in [0.15, 0.2) is 385 Å². The first kappa shape index (κ1) is 65.0. The molecule has 512 valence electrons. The van der Waals surface area contributed by atoms with Gasteiger partial charge < -0.3 is 37.5 Å². The molecule has 22 rings (SSSR count). The zero-order valence-corrected chi connectivity index (χ0v) is 62.3. The van der Waals surface area contributed by atoms with E-state index in [-0.39, 0.29) is 0 Å². The standard InChI is InChI=1S/C48H31NO2Si.C24H19BO3Si.C24H14INO/c1-3-16-33(17-4-1)52(34-18-5-2-6-19-34)45-28-14-13-27-44(45)51-48-38(23-15-29-46(48)52)40-31-32(30-39-37-22-9-12-26-43(37)50-47(39)40)49-41-24-10-7-20-35(41)36-21-8-11-25-42(36)49;26-25(27)20-14-9-17-23-24(20)28-21-15-7-8-16-22(21)29(23,18-10-3-1-4-11-18)19-12-5-2-6-13-19;25-20-14-15(13-19-18-9-3-6-12-23(18)27-24(19)20)26-21-10-4-1-7-16(21)17-8-2-5-11-22(17)26/h1-31H;1-17,26-27H;1-14H. The van der Waals surface area contributed by atoms with Crippen LogP contribution in [0.25, 0.3) is 110 Å². The largest absolute Gasteiger partial charge is 0.492 e. The summed E-state index contributed by atoms with van der Waals surface area (Å²) in [5.74, 6) is 3.12. The van der Waals surface area contributed by atoms with Crippen molar-refractivity contribution in [2.45, 2.75) is 0 Å². The highest BCUT2D eigenvalue weighted by atomic mass is 127. The zero-order chi connectivity index (χ0) is 72.0. The molecule has 0 radical (unpaired) electrons. The Kier molecular flexibility index (Phi) is 16.0. The molecule has 0 amide bonds. The second kappa shape index (κ2) is 26.5. The number of benzene rings is 16. The topological polar surface area (TPSA) is 95.1 Å². The molecule has 4 aromatic heterocycles. The summed E-state index contributed by atoms with van der Waals surface area (Å²) in [5, 5.41) is 39.3. The third-order valence-electron chi connectivity index (χ3n) is 21.8. The maximum Gasteiger partial charge on any atom is 0.492 e. The van der Waals surface area contributed by atoms with E-state index in [9.17, 15) is 10.0 Å². The highest BCUT2D eigenvalue weighted by Crippen LogP contribution is 2.46. The highest BCUT2D eigenvalue weighted by molar-refractivity contribution is 14.1. The lowest BCUT2D eigenvalue weighted by Gasteiger charge is -2.40. The molecule has 0 saturated heterocycles. The Labute approximate surface area is 638 Å². The van der Waals surface area contributed by atoms with E-state index in [4.69, 9.17) is 18.3 Å². The average molecular weight is 1540 g/mol. The van der Waals surface area contributed by atoms with Gasteiger partial charge in [0.1, 0.15) is 45.3 Å². The van der Waals surface area contributed by atoms with Crippen LogP contribution in [0.1, 0.15) is 0 Å². The van der Waals surface area contributed by atoms with Crippen LogP contribution in [0.2, 0.25) is 0 Å². The Bertz CT molecular complexity index is 6710. The summed E-state index contributed by atoms with van der Waals surface area (Å²) < 4.78 is 32.2. The van der Waals surface area contributed by atoms with E-state index in [1.807, 2.05) is 54.6 Å². The van der Waals surface area contributed by atoms with Gasteiger partial charge in [-0.15, -0.1) is 0 Å². The first-order chi connectivity index (χ1) is 53.3. The van der Waals surface area contributed by atoms with Gasteiger partial charge in [-0.1, -0.05) is 303 Å². The number of fused-ring (bicyclic) bond motifs is 16. The maximum atomic E-state index is 10.0. The van der Waals surface area contributed by atoms with Crippen LogP contribution in [-0.4, -0.2) is 42.4 Å². The van der Waals surface area contributed by atoms with Gasteiger partial charge in [0, 0.05) is 71.1 Å². The van der Waals surface area contributed by atoms with Crippen LogP contribution in [0.4, 0.5) is 0 Å². The van der Waals surface area contributed by atoms with Gasteiger partial charge in [-0.05, 0) is 137 Å². The van der Waals surface area contributed by atoms with Crippen molar-refractivity contribution < 1.29 is 28.4 Å². The summed E-state index contributed by atoms with van der Waals surface area (Å²) in [6.07, 6.45) is 0. The molecule has 0 aliphatic carbocycles. The van der Waals surface area contributed by atoms with Crippen molar-refractivity contribution in [2.75, 3.05) is 0 Å². The lowest BCUT2D eigenvalue weighted by atomic mass is 9.79. The van der Waals surface area contributed by atoms with Crippen LogP contribution in [-0.2, 0) is 0 Å². The number of hydrogen-bond acceptors (Lipinski definition) is 6. The zero-order valence-electron chi connectivity index (χ0n) is 58.2. The normalized spacial score (nSPS) is 13.1. The minimum atomic E-state index is -2.84. The fourth-order valence-electron chi connectivity index (χ4n) is 17.3. The molecule has 0 atom stereocenters. The number of para-hydroxylation sites is 10. The second-order valence-corrected chi connectivity index (χ2v) is 36.2. The fraction of sp³-hybridized carbons (Fsp3) is 0. The van der Waals surface area contributed by atoms with Gasteiger partial charge in [0.15, 0.2) is 16.1 Å². The number of nitrogens with zero attached hydrogens (tertiary/aromatic N) is 2. The smallest absolute Gasteiger partial charge is 0.458 e. The lowest BCUT2D eigenvalue weighted by molar-refractivity contribution is 0.421. The minimum Gasteiger partial charge on any atom is -0.458 e. The van der Waals surface area contributed by atoms with E-state index < -0.39 is 23.3 Å². The molecule has 20 aromatic rings. The predicted octanol–water partition coefficient (Wildman–Crippen LogP) is 18.0. The Morgan fingerprint density at radius 2 is 0.620 bits per heavy atom. The molecule has 2 aliphatic rings. The number of rotatable bonds is 8. The van der Waals surface area contributed by atoms with Gasteiger partial charge in [0.05, 0.1) is 25.6 Å². The molecule has 0 saturated carbocycles. The fourth-order valence-corrected chi connectivity index (χ4v) is 28.0. The van der Waals surface area contributed by atoms with Crippen molar-refractivity contribution in [3.63, 3.8) is 0 Å². The van der Waals surface area contributed by atoms with Crippen LogP contribution in [0.5, 0.6) is 23.0 Å². The van der Waals surface area contributed by atoms with Crippen molar-refractivity contribution in [3.8, 4) is 45.5 Å². The minimum absolute atomic E-state index is 0.390. The third kappa shape index (κ3) is 10.2. The van der Waals surface area contributed by atoms with E-state index in [2.05, 4.69) is 347 Å². The predicted molar refractivity (Wildman–Crippen MR) is 458 cm³/mol. The molecule has 0 bridgehead atoms. The molecule has 0 fully saturated rings. The van der Waals surface area contributed by atoms with Crippen molar-refractivity contribution in [3.05, 3.63) is 380 Å². The molecule has 8 nitrogen and oxygen atoms in total. The van der Waals surface area contributed by atoms with Crippen molar-refractivity contribution in [1.29, 1.82) is 0 Å². The van der Waals surface area contributed by atoms with Gasteiger partial charge in [-0.25, -0.2) is 0 Å². The van der Waals surface area contributed by atoms with Gasteiger partial charge in [-0.2, -0.15) is 0 Å². The highest BCUT2D eigenvalue weighted by Gasteiger charge is 2.50. The van der Waals surface area contributed by atoms with Crippen molar-refractivity contribution in [2.24, 2.45) is 0 Å². The van der Waals surface area contributed by atoms with Gasteiger partial charge in [-0.3, -0.25) is 0 Å². The van der Waals surface area contributed by atoms with Crippen molar-refractivity contribution in [1.82, 2.24) is 9.13 Å². The quantitative estimate of drug-likeness (QED) is 0.116. The van der Waals surface area contributed by atoms with Crippen molar-refractivity contribution >= 4 is 180 Å². The lowest BCUT2D eigenvalue weighted by Crippen LogP contribution is -2.76. The van der Waals surface area contributed by atoms with E-state index in [0.717, 1.165) is 97.6 Å². The first-order valence-corrected chi connectivity index (χ1v) is 41.4. The number of furan rings is 2. The van der Waals surface area contributed by atoms with Crippen LogP contribution in [0, 0.1) is 3.57 Å². The number of aromatic nitrogens is 2. The Hall–Kier alpha value is -12.5. The molecule has 12 heteroatoms. The summed E-state index contributed by atoms with van der Waals surface area (Å²) in [6, 6.07) is 133. The molecule has 2 aliphatic heterocycles. The van der Waals surface area contributed by atoms with E-state index >= 15 is 0 Å². The van der Waals surface area contributed by atoms with Gasteiger partial charge in [0.25, 0.3) is 0 Å². The second-order valence-electron chi connectivity index (χ2n) is 27.6. The summed E-state index contributed by atoms with van der Waals surface area (Å²) >= 11 is 2.38. The Morgan fingerprint density at radius 3 is 1.07 bits per heavy atom. The molecule has 108 heavy (non-hydrogen) atoms. The molecule has 0 spiro atoms. The Morgan fingerprint density at radius 1 is 0.278 bits per heavy atom. The molecule has 2 N–H and O–H groups in total. The van der Waals surface area contributed by atoms with Gasteiger partial charge in [0.2, 0.25) is 0 Å². The van der Waals surface area contributed by atoms with Gasteiger partial charge >= 0.3 is 7.12 Å². The number of hydrogen-bond donors (Lipinski definition) is 2. The summed E-state index contributed by atoms with van der Waals surface area (Å²) in [4.78, 5) is 0.